The van der Waals surface area contributed by atoms with Crippen molar-refractivity contribution < 1.29 is 9.26 Å². The highest BCUT2D eigenvalue weighted by atomic mass is 32.2. The predicted molar refractivity (Wildman–Crippen MR) is 79.9 cm³/mol. The summed E-state index contributed by atoms with van der Waals surface area (Å²) in [5, 5.41) is 3.97. The van der Waals surface area contributed by atoms with E-state index in [9.17, 15) is 0 Å². The van der Waals surface area contributed by atoms with Crippen LogP contribution in [-0.4, -0.2) is 17.3 Å². The van der Waals surface area contributed by atoms with Gasteiger partial charge in [0.2, 0.25) is 5.89 Å². The standard InChI is InChI=1S/C14H19N3O2S/c1-3-4-5-13-16-14(19-17-13)9-20-12-7-6-10(15)8-11(12)18-2/h6-8H,3-5,9,15H2,1-2H3. The molecule has 2 rings (SSSR count). The number of ether oxygens (including phenoxy) is 1. The van der Waals surface area contributed by atoms with Crippen LogP contribution in [0.25, 0.3) is 0 Å². The highest BCUT2D eigenvalue weighted by Crippen LogP contribution is 2.32. The molecule has 1 heterocycles. The first kappa shape index (κ1) is 14.7. The molecule has 2 N–H and O–H groups in total. The fraction of sp³-hybridized carbons (Fsp3) is 0.429. The summed E-state index contributed by atoms with van der Waals surface area (Å²) >= 11 is 1.59. The molecule has 6 heteroatoms. The van der Waals surface area contributed by atoms with Crippen LogP contribution in [0.2, 0.25) is 0 Å². The number of hydrogen-bond acceptors (Lipinski definition) is 6. The first-order valence-electron chi connectivity index (χ1n) is 6.60. The van der Waals surface area contributed by atoms with Gasteiger partial charge in [0.1, 0.15) is 5.75 Å². The molecule has 2 aromatic rings. The highest BCUT2D eigenvalue weighted by molar-refractivity contribution is 7.98. The second kappa shape index (κ2) is 7.19. The van der Waals surface area contributed by atoms with E-state index in [1.807, 2.05) is 18.2 Å². The lowest BCUT2D eigenvalue weighted by Gasteiger charge is -2.07. The Morgan fingerprint density at radius 1 is 1.40 bits per heavy atom. The molecular formula is C14H19N3O2S. The zero-order valence-corrected chi connectivity index (χ0v) is 12.6. The van der Waals surface area contributed by atoms with Crippen molar-refractivity contribution in [2.24, 2.45) is 0 Å². The molecule has 0 fully saturated rings. The summed E-state index contributed by atoms with van der Waals surface area (Å²) in [6.45, 7) is 2.14. The van der Waals surface area contributed by atoms with Gasteiger partial charge in [-0.1, -0.05) is 18.5 Å². The summed E-state index contributed by atoms with van der Waals surface area (Å²) in [7, 11) is 1.63. The van der Waals surface area contributed by atoms with Crippen molar-refractivity contribution in [3.63, 3.8) is 0 Å². The van der Waals surface area contributed by atoms with Crippen molar-refractivity contribution in [1.82, 2.24) is 10.1 Å². The minimum absolute atomic E-state index is 0.624. The second-order valence-electron chi connectivity index (χ2n) is 4.41. The van der Waals surface area contributed by atoms with Gasteiger partial charge in [-0.05, 0) is 18.6 Å². The molecule has 0 unspecified atom stereocenters. The van der Waals surface area contributed by atoms with Gasteiger partial charge in [0, 0.05) is 23.1 Å². The van der Waals surface area contributed by atoms with Crippen LogP contribution in [0.3, 0.4) is 0 Å². The Kier molecular flexibility index (Phi) is 5.29. The lowest BCUT2D eigenvalue weighted by molar-refractivity contribution is 0.384. The Hall–Kier alpha value is -1.69. The van der Waals surface area contributed by atoms with Crippen molar-refractivity contribution in [2.75, 3.05) is 12.8 Å². The molecular weight excluding hydrogens is 274 g/mol. The maximum Gasteiger partial charge on any atom is 0.237 e. The number of aryl methyl sites for hydroxylation is 1. The van der Waals surface area contributed by atoms with Gasteiger partial charge in [-0.25, -0.2) is 0 Å². The van der Waals surface area contributed by atoms with Crippen LogP contribution < -0.4 is 10.5 Å². The van der Waals surface area contributed by atoms with E-state index >= 15 is 0 Å². The fourth-order valence-corrected chi connectivity index (χ4v) is 2.57. The molecule has 0 aliphatic carbocycles. The van der Waals surface area contributed by atoms with E-state index in [2.05, 4.69) is 17.1 Å². The third-order valence-electron chi connectivity index (χ3n) is 2.80. The van der Waals surface area contributed by atoms with E-state index in [0.717, 1.165) is 35.7 Å². The average molecular weight is 293 g/mol. The fourth-order valence-electron chi connectivity index (χ4n) is 1.73. The monoisotopic (exact) mass is 293 g/mol. The number of unbranched alkanes of at least 4 members (excludes halogenated alkanes) is 1. The maximum absolute atomic E-state index is 5.73. The van der Waals surface area contributed by atoms with Crippen molar-refractivity contribution in [3.05, 3.63) is 29.9 Å². The molecule has 0 atom stereocenters. The van der Waals surface area contributed by atoms with Gasteiger partial charge in [-0.2, -0.15) is 4.98 Å². The van der Waals surface area contributed by atoms with Crippen molar-refractivity contribution in [2.45, 2.75) is 36.8 Å². The SMILES string of the molecule is CCCCc1noc(CSc2ccc(N)cc2OC)n1. The average Bonchev–Trinajstić information content (AvgIpc) is 2.91. The third-order valence-corrected chi connectivity index (χ3v) is 3.84. The van der Waals surface area contributed by atoms with E-state index in [1.165, 1.54) is 0 Å². The first-order valence-corrected chi connectivity index (χ1v) is 7.59. The number of nitrogens with two attached hydrogens (primary N) is 1. The Labute approximate surface area is 122 Å². The summed E-state index contributed by atoms with van der Waals surface area (Å²) < 4.78 is 10.5. The van der Waals surface area contributed by atoms with Gasteiger partial charge >= 0.3 is 0 Å². The van der Waals surface area contributed by atoms with Crippen LogP contribution in [0.4, 0.5) is 5.69 Å². The van der Waals surface area contributed by atoms with Crippen molar-refractivity contribution in [1.29, 1.82) is 0 Å². The molecule has 108 valence electrons. The number of aromatic nitrogens is 2. The minimum atomic E-state index is 0.624. The Balaban J connectivity index is 1.96. The van der Waals surface area contributed by atoms with Gasteiger partial charge in [-0.3, -0.25) is 0 Å². The summed E-state index contributed by atoms with van der Waals surface area (Å²) in [5.74, 6) is 2.81. The van der Waals surface area contributed by atoms with E-state index in [0.29, 0.717) is 17.3 Å². The molecule has 0 radical (unpaired) electrons. The zero-order valence-electron chi connectivity index (χ0n) is 11.8. The van der Waals surface area contributed by atoms with Gasteiger partial charge in [0.25, 0.3) is 0 Å². The Bertz CT molecular complexity index is 557. The molecule has 20 heavy (non-hydrogen) atoms. The normalized spacial score (nSPS) is 10.7. The topological polar surface area (TPSA) is 74.2 Å². The third kappa shape index (κ3) is 3.90. The van der Waals surface area contributed by atoms with E-state index in [1.54, 1.807) is 18.9 Å². The van der Waals surface area contributed by atoms with Crippen molar-refractivity contribution >= 4 is 17.4 Å². The highest BCUT2D eigenvalue weighted by Gasteiger charge is 2.09. The Morgan fingerprint density at radius 3 is 3.00 bits per heavy atom. The summed E-state index contributed by atoms with van der Waals surface area (Å²) in [6.07, 6.45) is 3.08. The van der Waals surface area contributed by atoms with Gasteiger partial charge in [-0.15, -0.1) is 11.8 Å². The van der Waals surface area contributed by atoms with Crippen LogP contribution >= 0.6 is 11.8 Å². The number of thioether (sulfide) groups is 1. The number of anilines is 1. The summed E-state index contributed by atoms with van der Waals surface area (Å²) in [6, 6.07) is 5.60. The van der Waals surface area contributed by atoms with Gasteiger partial charge < -0.3 is 15.0 Å². The number of nitrogen functional groups attached to an aromatic ring is 1. The molecule has 0 saturated heterocycles. The largest absolute Gasteiger partial charge is 0.496 e. The van der Waals surface area contributed by atoms with Crippen LogP contribution in [-0.2, 0) is 12.2 Å². The predicted octanol–water partition coefficient (Wildman–Crippen LogP) is 3.30. The molecule has 0 aliphatic rings. The van der Waals surface area contributed by atoms with E-state index in [-0.39, 0.29) is 0 Å². The van der Waals surface area contributed by atoms with Crippen LogP contribution in [0, 0.1) is 0 Å². The quantitative estimate of drug-likeness (QED) is 0.623. The zero-order chi connectivity index (χ0) is 14.4. The van der Waals surface area contributed by atoms with E-state index in [4.69, 9.17) is 15.0 Å². The number of benzene rings is 1. The maximum atomic E-state index is 5.73. The van der Waals surface area contributed by atoms with E-state index < -0.39 is 0 Å². The molecule has 1 aromatic carbocycles. The molecule has 0 spiro atoms. The number of nitrogens with zero attached hydrogens (tertiary/aromatic N) is 2. The minimum Gasteiger partial charge on any atom is -0.496 e. The lowest BCUT2D eigenvalue weighted by atomic mass is 10.2. The van der Waals surface area contributed by atoms with Crippen LogP contribution in [0.15, 0.2) is 27.6 Å². The molecule has 1 aromatic heterocycles. The molecule has 0 amide bonds. The number of methoxy groups -OCH3 is 1. The molecule has 0 aliphatic heterocycles. The van der Waals surface area contributed by atoms with Crippen LogP contribution in [0.5, 0.6) is 5.75 Å². The second-order valence-corrected chi connectivity index (χ2v) is 5.42. The molecule has 0 saturated carbocycles. The summed E-state index contributed by atoms with van der Waals surface area (Å²) in [5.41, 5.74) is 6.42. The van der Waals surface area contributed by atoms with Gasteiger partial charge in [0.15, 0.2) is 5.82 Å². The smallest absolute Gasteiger partial charge is 0.237 e. The number of hydrogen-bond donors (Lipinski definition) is 1. The van der Waals surface area contributed by atoms with Gasteiger partial charge in [0.05, 0.1) is 12.9 Å². The molecule has 5 nitrogen and oxygen atoms in total. The molecule has 0 bridgehead atoms. The summed E-state index contributed by atoms with van der Waals surface area (Å²) in [4.78, 5) is 5.38. The number of rotatable bonds is 7. The van der Waals surface area contributed by atoms with Crippen LogP contribution in [0.1, 0.15) is 31.5 Å². The Morgan fingerprint density at radius 2 is 2.25 bits per heavy atom. The lowest BCUT2D eigenvalue weighted by Crippen LogP contribution is -1.91. The van der Waals surface area contributed by atoms with Crippen molar-refractivity contribution in [3.8, 4) is 5.75 Å². The first-order chi connectivity index (χ1) is 9.72.